The number of carbonyl (C=O) groups excluding carboxylic acids is 1. The molecule has 0 spiro atoms. The first-order valence-electron chi connectivity index (χ1n) is 6.08. The highest BCUT2D eigenvalue weighted by molar-refractivity contribution is 7.90. The summed E-state index contributed by atoms with van der Waals surface area (Å²) in [6.45, 7) is 1.60. The molecule has 1 amide bonds. The smallest absolute Gasteiger partial charge is 0.249 e. The van der Waals surface area contributed by atoms with Crippen LogP contribution in [0.4, 0.5) is 10.1 Å². The van der Waals surface area contributed by atoms with E-state index in [9.17, 15) is 17.6 Å². The lowest BCUT2D eigenvalue weighted by atomic mass is 10.2. The van der Waals surface area contributed by atoms with E-state index in [1.165, 1.54) is 10.9 Å². The molecule has 2 rings (SSSR count). The molecular weight excluding hydrogens is 297 g/mol. The van der Waals surface area contributed by atoms with Crippen molar-refractivity contribution in [2.75, 3.05) is 11.6 Å². The molecule has 1 N–H and O–H groups in total. The number of aromatic nitrogens is 2. The second kappa shape index (κ2) is 5.65. The molecule has 1 unspecified atom stereocenters. The summed E-state index contributed by atoms with van der Waals surface area (Å²) in [4.78, 5) is 12.0. The zero-order valence-electron chi connectivity index (χ0n) is 11.4. The summed E-state index contributed by atoms with van der Waals surface area (Å²) >= 11 is 0. The van der Waals surface area contributed by atoms with Crippen LogP contribution < -0.4 is 5.32 Å². The minimum Gasteiger partial charge on any atom is -0.322 e. The predicted molar refractivity (Wildman–Crippen MR) is 75.1 cm³/mol. The fourth-order valence-electron chi connectivity index (χ4n) is 1.70. The van der Waals surface area contributed by atoms with Crippen LogP contribution in [-0.4, -0.2) is 30.4 Å². The molecule has 0 aliphatic heterocycles. The van der Waals surface area contributed by atoms with Crippen LogP contribution in [0.5, 0.6) is 0 Å². The molecule has 21 heavy (non-hydrogen) atoms. The largest absolute Gasteiger partial charge is 0.322 e. The van der Waals surface area contributed by atoms with Gasteiger partial charge in [-0.3, -0.25) is 9.48 Å². The number of anilines is 1. The zero-order valence-corrected chi connectivity index (χ0v) is 12.3. The molecule has 1 aromatic carbocycles. The topological polar surface area (TPSA) is 81.1 Å². The molecule has 0 aliphatic carbocycles. The summed E-state index contributed by atoms with van der Waals surface area (Å²) in [7, 11) is -3.48. The Hall–Kier alpha value is -2.22. The van der Waals surface area contributed by atoms with Crippen molar-refractivity contribution >= 4 is 21.4 Å². The van der Waals surface area contributed by atoms with Gasteiger partial charge in [0.05, 0.1) is 10.6 Å². The quantitative estimate of drug-likeness (QED) is 0.870. The van der Waals surface area contributed by atoms with E-state index in [1.54, 1.807) is 19.2 Å². The highest BCUT2D eigenvalue weighted by Gasteiger charge is 2.18. The van der Waals surface area contributed by atoms with Crippen LogP contribution in [0, 0.1) is 5.82 Å². The molecule has 0 saturated carbocycles. The number of benzene rings is 1. The van der Waals surface area contributed by atoms with Gasteiger partial charge in [-0.25, -0.2) is 12.8 Å². The number of hydrogen-bond acceptors (Lipinski definition) is 4. The van der Waals surface area contributed by atoms with Gasteiger partial charge in [-0.1, -0.05) is 0 Å². The number of rotatable bonds is 4. The van der Waals surface area contributed by atoms with E-state index < -0.39 is 27.6 Å². The van der Waals surface area contributed by atoms with Gasteiger partial charge in [0, 0.05) is 18.6 Å². The lowest BCUT2D eigenvalue weighted by molar-refractivity contribution is -0.119. The Labute approximate surface area is 121 Å². The Kier molecular flexibility index (Phi) is 4.08. The molecular formula is C13H14FN3O3S. The van der Waals surface area contributed by atoms with Crippen LogP contribution in [0.15, 0.2) is 41.6 Å². The first kappa shape index (κ1) is 15.2. The highest BCUT2D eigenvalue weighted by atomic mass is 32.2. The summed E-state index contributed by atoms with van der Waals surface area (Å²) in [6, 6.07) is 4.26. The number of nitrogens with one attached hydrogen (secondary N) is 1. The SMILES string of the molecule is CC(C(=O)Nc1cc(S(C)(=O)=O)ccc1F)n1cccn1. The lowest BCUT2D eigenvalue weighted by Gasteiger charge is -2.13. The van der Waals surface area contributed by atoms with Gasteiger partial charge in [0.2, 0.25) is 5.91 Å². The van der Waals surface area contributed by atoms with Gasteiger partial charge < -0.3 is 5.32 Å². The minimum absolute atomic E-state index is 0.0639. The first-order valence-corrected chi connectivity index (χ1v) is 7.98. The fourth-order valence-corrected chi connectivity index (χ4v) is 2.35. The first-order chi connectivity index (χ1) is 9.79. The second-order valence-corrected chi connectivity index (χ2v) is 6.58. The van der Waals surface area contributed by atoms with Gasteiger partial charge in [-0.05, 0) is 31.2 Å². The molecule has 0 bridgehead atoms. The van der Waals surface area contributed by atoms with Crippen LogP contribution in [0.2, 0.25) is 0 Å². The molecule has 6 nitrogen and oxygen atoms in total. The van der Waals surface area contributed by atoms with E-state index in [4.69, 9.17) is 0 Å². The summed E-state index contributed by atoms with van der Waals surface area (Å²) in [6.07, 6.45) is 4.14. The Balaban J connectivity index is 2.25. The van der Waals surface area contributed by atoms with Gasteiger partial charge in [0.15, 0.2) is 9.84 Å². The maximum Gasteiger partial charge on any atom is 0.249 e. The number of carbonyl (C=O) groups is 1. The van der Waals surface area contributed by atoms with Gasteiger partial charge in [0.1, 0.15) is 11.9 Å². The molecule has 0 aliphatic rings. The maximum absolute atomic E-state index is 13.7. The molecule has 2 aromatic rings. The molecule has 1 atom stereocenters. The van der Waals surface area contributed by atoms with Crippen molar-refractivity contribution in [1.29, 1.82) is 0 Å². The monoisotopic (exact) mass is 311 g/mol. The maximum atomic E-state index is 13.7. The van der Waals surface area contributed by atoms with Crippen LogP contribution in [0.25, 0.3) is 0 Å². The third kappa shape index (κ3) is 3.46. The van der Waals surface area contributed by atoms with Crippen molar-refractivity contribution < 1.29 is 17.6 Å². The number of sulfone groups is 1. The van der Waals surface area contributed by atoms with E-state index in [2.05, 4.69) is 10.4 Å². The summed E-state index contributed by atoms with van der Waals surface area (Å²) < 4.78 is 38.0. The van der Waals surface area contributed by atoms with E-state index in [1.807, 2.05) is 0 Å². The Morgan fingerprint density at radius 1 is 1.43 bits per heavy atom. The Morgan fingerprint density at radius 2 is 2.14 bits per heavy atom. The third-order valence-electron chi connectivity index (χ3n) is 2.92. The van der Waals surface area contributed by atoms with Crippen LogP contribution in [0.3, 0.4) is 0 Å². The van der Waals surface area contributed by atoms with Gasteiger partial charge in [0.25, 0.3) is 0 Å². The van der Waals surface area contributed by atoms with Crippen molar-refractivity contribution in [3.63, 3.8) is 0 Å². The summed E-state index contributed by atoms with van der Waals surface area (Å²) in [5.41, 5.74) is -0.179. The molecule has 0 radical (unpaired) electrons. The van der Waals surface area contributed by atoms with Gasteiger partial charge >= 0.3 is 0 Å². The van der Waals surface area contributed by atoms with Crippen LogP contribution in [-0.2, 0) is 14.6 Å². The summed E-state index contributed by atoms with van der Waals surface area (Å²) in [5, 5.41) is 6.30. The zero-order chi connectivity index (χ0) is 15.6. The third-order valence-corrected chi connectivity index (χ3v) is 4.04. The van der Waals surface area contributed by atoms with Crippen LogP contribution in [0.1, 0.15) is 13.0 Å². The minimum atomic E-state index is -3.48. The number of amides is 1. The van der Waals surface area contributed by atoms with Gasteiger partial charge in [-0.15, -0.1) is 0 Å². The van der Waals surface area contributed by atoms with Crippen LogP contribution >= 0.6 is 0 Å². The normalized spacial score (nSPS) is 12.9. The average molecular weight is 311 g/mol. The molecule has 112 valence electrons. The predicted octanol–water partition coefficient (Wildman–Crippen LogP) is 1.63. The average Bonchev–Trinajstić information content (AvgIpc) is 2.92. The standard InChI is InChI=1S/C13H14FN3O3S/c1-9(17-7-3-6-15-17)13(18)16-12-8-10(21(2,19)20)4-5-11(12)14/h3-9H,1-2H3,(H,16,18). The Morgan fingerprint density at radius 3 is 2.71 bits per heavy atom. The number of nitrogens with zero attached hydrogens (tertiary/aromatic N) is 2. The number of hydrogen-bond donors (Lipinski definition) is 1. The molecule has 8 heteroatoms. The molecule has 1 aromatic heterocycles. The van der Waals surface area contributed by atoms with E-state index in [0.717, 1.165) is 24.5 Å². The Bertz CT molecular complexity index is 757. The van der Waals surface area contributed by atoms with Crippen molar-refractivity contribution in [1.82, 2.24) is 9.78 Å². The van der Waals surface area contributed by atoms with E-state index in [-0.39, 0.29) is 10.6 Å². The van der Waals surface area contributed by atoms with Crippen molar-refractivity contribution in [2.45, 2.75) is 17.9 Å². The highest BCUT2D eigenvalue weighted by Crippen LogP contribution is 2.20. The molecule has 1 heterocycles. The summed E-state index contributed by atoms with van der Waals surface area (Å²) in [5.74, 6) is -1.20. The van der Waals surface area contributed by atoms with Crippen molar-refractivity contribution in [3.05, 3.63) is 42.5 Å². The van der Waals surface area contributed by atoms with Crippen molar-refractivity contribution in [3.8, 4) is 0 Å². The fraction of sp³-hybridized carbons (Fsp3) is 0.231. The van der Waals surface area contributed by atoms with Gasteiger partial charge in [-0.2, -0.15) is 5.10 Å². The molecule has 0 fully saturated rings. The van der Waals surface area contributed by atoms with E-state index >= 15 is 0 Å². The number of halogens is 1. The lowest BCUT2D eigenvalue weighted by Crippen LogP contribution is -2.24. The van der Waals surface area contributed by atoms with Crippen molar-refractivity contribution in [2.24, 2.45) is 0 Å². The molecule has 0 saturated heterocycles. The second-order valence-electron chi connectivity index (χ2n) is 4.57. The van der Waals surface area contributed by atoms with E-state index in [0.29, 0.717) is 0 Å².